The first-order valence-electron chi connectivity index (χ1n) is 6.27. The minimum absolute atomic E-state index is 0.0145. The third-order valence-corrected chi connectivity index (χ3v) is 2.54. The van der Waals surface area contributed by atoms with E-state index in [2.05, 4.69) is 6.58 Å². The first-order chi connectivity index (χ1) is 9.42. The van der Waals surface area contributed by atoms with Crippen molar-refractivity contribution in [2.75, 3.05) is 33.8 Å². The molecular formula is C13H22N2O5. The number of rotatable bonds is 11. The van der Waals surface area contributed by atoms with Crippen LogP contribution in [0.15, 0.2) is 12.7 Å². The third-order valence-electron chi connectivity index (χ3n) is 2.54. The fourth-order valence-corrected chi connectivity index (χ4v) is 1.59. The van der Waals surface area contributed by atoms with E-state index >= 15 is 0 Å². The lowest BCUT2D eigenvalue weighted by Gasteiger charge is -2.26. The van der Waals surface area contributed by atoms with E-state index in [0.717, 1.165) is 6.54 Å². The molecule has 0 unspecified atom stereocenters. The van der Waals surface area contributed by atoms with Crippen LogP contribution in [0.1, 0.15) is 12.8 Å². The maximum absolute atomic E-state index is 11.8. The van der Waals surface area contributed by atoms with E-state index in [1.807, 2.05) is 19.0 Å². The molecule has 0 saturated carbocycles. The van der Waals surface area contributed by atoms with Crippen molar-refractivity contribution in [3.8, 4) is 0 Å². The highest BCUT2D eigenvalue weighted by atomic mass is 16.5. The Hall–Kier alpha value is -1.89. The number of nitrogens with zero attached hydrogens (tertiary/aromatic N) is 2. The number of carboxylic acid groups (broad SMARTS) is 1. The molecule has 0 radical (unpaired) electrons. The number of hydrogen-bond acceptors (Lipinski definition) is 5. The molecule has 0 aliphatic carbocycles. The zero-order valence-corrected chi connectivity index (χ0v) is 11.9. The molecule has 0 spiro atoms. The lowest BCUT2D eigenvalue weighted by Crippen LogP contribution is -2.44. The molecule has 0 aliphatic heterocycles. The zero-order chi connectivity index (χ0) is 15.5. The van der Waals surface area contributed by atoms with Crippen LogP contribution in [0.4, 0.5) is 0 Å². The van der Waals surface area contributed by atoms with Crippen molar-refractivity contribution in [3.05, 3.63) is 12.7 Å². The normalized spacial score (nSPS) is 11.8. The van der Waals surface area contributed by atoms with Gasteiger partial charge in [0, 0.05) is 6.54 Å². The predicted octanol–water partition coefficient (Wildman–Crippen LogP) is -0.0310. The first kappa shape index (κ1) is 18.1. The van der Waals surface area contributed by atoms with Crippen LogP contribution in [0, 0.1) is 0 Å². The highest BCUT2D eigenvalue weighted by molar-refractivity contribution is 5.83. The molecule has 0 bridgehead atoms. The highest BCUT2D eigenvalue weighted by Crippen LogP contribution is 2.07. The lowest BCUT2D eigenvalue weighted by molar-refractivity contribution is -0.155. The fourth-order valence-electron chi connectivity index (χ4n) is 1.59. The summed E-state index contributed by atoms with van der Waals surface area (Å²) in [7, 11) is 3.77. The van der Waals surface area contributed by atoms with Crippen molar-refractivity contribution in [2.45, 2.75) is 18.9 Å². The maximum atomic E-state index is 11.8. The van der Waals surface area contributed by atoms with Crippen molar-refractivity contribution in [1.82, 2.24) is 9.80 Å². The van der Waals surface area contributed by atoms with Gasteiger partial charge in [-0.05, 0) is 27.1 Å². The molecule has 7 nitrogen and oxygen atoms in total. The van der Waals surface area contributed by atoms with Gasteiger partial charge in [0.2, 0.25) is 6.41 Å². The van der Waals surface area contributed by atoms with Gasteiger partial charge in [-0.15, -0.1) is 0 Å². The van der Waals surface area contributed by atoms with E-state index in [4.69, 9.17) is 9.84 Å². The van der Waals surface area contributed by atoms with Gasteiger partial charge in [0.05, 0.1) is 6.42 Å². The van der Waals surface area contributed by atoms with E-state index in [0.29, 0.717) is 19.4 Å². The Morgan fingerprint density at radius 2 is 2.00 bits per heavy atom. The number of amides is 1. The van der Waals surface area contributed by atoms with Gasteiger partial charge in [-0.1, -0.05) is 12.7 Å². The summed E-state index contributed by atoms with van der Waals surface area (Å²) in [4.78, 5) is 36.8. The Balaban J connectivity index is 4.67. The summed E-state index contributed by atoms with van der Waals surface area (Å²) < 4.78 is 4.83. The maximum Gasteiger partial charge on any atom is 0.329 e. The molecular weight excluding hydrogens is 264 g/mol. The lowest BCUT2D eigenvalue weighted by atomic mass is 10.1. The summed E-state index contributed by atoms with van der Waals surface area (Å²) in [5.41, 5.74) is 0. The average Bonchev–Trinajstić information content (AvgIpc) is 2.38. The van der Waals surface area contributed by atoms with Gasteiger partial charge in [0.25, 0.3) is 0 Å². The molecule has 1 atom stereocenters. The minimum Gasteiger partial charge on any atom is -0.481 e. The van der Waals surface area contributed by atoms with Crippen LogP contribution in [0.25, 0.3) is 0 Å². The summed E-state index contributed by atoms with van der Waals surface area (Å²) in [6.45, 7) is 4.41. The number of carbonyl (C=O) groups excluding carboxylic acids is 2. The number of aliphatic carboxylic acids is 1. The van der Waals surface area contributed by atoms with Gasteiger partial charge in [0.1, 0.15) is 12.6 Å². The molecule has 114 valence electrons. The summed E-state index contributed by atoms with van der Waals surface area (Å²) in [5, 5.41) is 8.84. The van der Waals surface area contributed by atoms with Crippen LogP contribution in [-0.4, -0.2) is 73.1 Å². The highest BCUT2D eigenvalue weighted by Gasteiger charge is 2.28. The molecule has 0 aliphatic rings. The minimum atomic E-state index is -1.16. The molecule has 0 rings (SSSR count). The standard InChI is InChI=1S/C13H22N2O5/c1-4-8-20-13(19)11(9-12(17)18)15(10-16)7-5-6-14(2)3/h4,10-11H,1,5-9H2,2-3H3,(H,17,18)/t11-/m0/s1. The smallest absolute Gasteiger partial charge is 0.329 e. The van der Waals surface area contributed by atoms with Crippen molar-refractivity contribution in [2.24, 2.45) is 0 Å². The largest absolute Gasteiger partial charge is 0.481 e. The fraction of sp³-hybridized carbons (Fsp3) is 0.615. The Morgan fingerprint density at radius 3 is 2.45 bits per heavy atom. The molecule has 0 fully saturated rings. The second kappa shape index (κ2) is 9.96. The van der Waals surface area contributed by atoms with Crippen LogP contribution in [0.3, 0.4) is 0 Å². The van der Waals surface area contributed by atoms with Crippen molar-refractivity contribution in [1.29, 1.82) is 0 Å². The molecule has 20 heavy (non-hydrogen) atoms. The number of hydrogen-bond donors (Lipinski definition) is 1. The second-order valence-corrected chi connectivity index (χ2v) is 4.53. The summed E-state index contributed by atoms with van der Waals surface area (Å²) in [5.74, 6) is -1.89. The van der Waals surface area contributed by atoms with Crippen molar-refractivity contribution < 1.29 is 24.2 Å². The topological polar surface area (TPSA) is 87.1 Å². The SMILES string of the molecule is C=CCOC(=O)[C@H](CC(=O)O)N(C=O)CCCN(C)C. The van der Waals surface area contributed by atoms with E-state index in [-0.39, 0.29) is 6.61 Å². The quantitative estimate of drug-likeness (QED) is 0.326. The molecule has 0 aromatic carbocycles. The molecule has 0 saturated heterocycles. The van der Waals surface area contributed by atoms with Crippen LogP contribution in [0.2, 0.25) is 0 Å². The number of carboxylic acids is 1. The van der Waals surface area contributed by atoms with Crippen LogP contribution < -0.4 is 0 Å². The Morgan fingerprint density at radius 1 is 1.35 bits per heavy atom. The second-order valence-electron chi connectivity index (χ2n) is 4.53. The summed E-state index contributed by atoms with van der Waals surface area (Å²) >= 11 is 0. The van der Waals surface area contributed by atoms with E-state index in [9.17, 15) is 14.4 Å². The Labute approximate surface area is 118 Å². The number of esters is 1. The molecule has 1 N–H and O–H groups in total. The average molecular weight is 286 g/mol. The summed E-state index contributed by atoms with van der Waals surface area (Å²) in [6, 6.07) is -1.10. The van der Waals surface area contributed by atoms with Crippen LogP contribution in [0.5, 0.6) is 0 Å². The van der Waals surface area contributed by atoms with Gasteiger partial charge in [-0.2, -0.15) is 0 Å². The van der Waals surface area contributed by atoms with Gasteiger partial charge >= 0.3 is 11.9 Å². The monoisotopic (exact) mass is 286 g/mol. The summed E-state index contributed by atoms with van der Waals surface area (Å²) in [6.07, 6.45) is 2.03. The van der Waals surface area contributed by atoms with Crippen LogP contribution >= 0.6 is 0 Å². The number of carbonyl (C=O) groups is 3. The molecule has 0 aromatic heterocycles. The Kier molecular flexibility index (Phi) is 9.02. The van der Waals surface area contributed by atoms with Gasteiger partial charge in [-0.25, -0.2) is 4.79 Å². The first-order valence-corrected chi connectivity index (χ1v) is 6.27. The van der Waals surface area contributed by atoms with E-state index < -0.39 is 24.4 Å². The Bertz CT molecular complexity index is 344. The predicted molar refractivity (Wildman–Crippen MR) is 73.1 cm³/mol. The van der Waals surface area contributed by atoms with Crippen LogP contribution in [-0.2, 0) is 19.1 Å². The van der Waals surface area contributed by atoms with E-state index in [1.54, 1.807) is 0 Å². The molecule has 0 aromatic rings. The van der Waals surface area contributed by atoms with Crippen molar-refractivity contribution >= 4 is 18.3 Å². The molecule has 1 amide bonds. The molecule has 7 heteroatoms. The third kappa shape index (κ3) is 7.52. The number of ether oxygens (including phenoxy) is 1. The van der Waals surface area contributed by atoms with Gasteiger partial charge in [-0.3, -0.25) is 9.59 Å². The van der Waals surface area contributed by atoms with Crippen molar-refractivity contribution in [3.63, 3.8) is 0 Å². The van der Waals surface area contributed by atoms with Gasteiger partial charge < -0.3 is 19.6 Å². The zero-order valence-electron chi connectivity index (χ0n) is 11.9. The molecule has 0 heterocycles. The van der Waals surface area contributed by atoms with Gasteiger partial charge in [0.15, 0.2) is 0 Å². The van der Waals surface area contributed by atoms with E-state index in [1.165, 1.54) is 11.0 Å².